The molecule has 6 heterocycles. The van der Waals surface area contributed by atoms with Gasteiger partial charge in [0.05, 0.1) is 55.8 Å². The summed E-state index contributed by atoms with van der Waals surface area (Å²) >= 11 is 0. The zero-order valence-corrected chi connectivity index (χ0v) is 37.4. The van der Waals surface area contributed by atoms with Crippen molar-refractivity contribution in [3.05, 3.63) is 65.9 Å². The third-order valence-corrected chi connectivity index (χ3v) is 13.8. The molecule has 64 heavy (non-hydrogen) atoms. The number of fused-ring (bicyclic) bond motifs is 6. The number of methoxy groups -OCH3 is 2. The first kappa shape index (κ1) is 43.1. The van der Waals surface area contributed by atoms with Gasteiger partial charge in [-0.25, -0.2) is 19.6 Å². The quantitative estimate of drug-likeness (QED) is 0.108. The van der Waals surface area contributed by atoms with Gasteiger partial charge in [0.15, 0.2) is 0 Å². The predicted molar refractivity (Wildman–Crippen MR) is 239 cm³/mol. The summed E-state index contributed by atoms with van der Waals surface area (Å²) in [6.45, 7) is 9.36. The van der Waals surface area contributed by atoms with Gasteiger partial charge in [0.2, 0.25) is 11.8 Å². The predicted octanol–water partition coefficient (Wildman–Crippen LogP) is 7.69. The van der Waals surface area contributed by atoms with Crippen molar-refractivity contribution in [2.75, 3.05) is 27.4 Å². The minimum absolute atomic E-state index is 0.00299. The number of H-pyrrole nitrogens is 2. The zero-order valence-electron chi connectivity index (χ0n) is 37.4. The maximum Gasteiger partial charge on any atom is 0.407 e. The van der Waals surface area contributed by atoms with Crippen LogP contribution in [0.2, 0.25) is 0 Å². The summed E-state index contributed by atoms with van der Waals surface area (Å²) < 4.78 is 22.0. The largest absolute Gasteiger partial charge is 0.488 e. The molecular weight excluding hydrogens is 817 g/mol. The van der Waals surface area contributed by atoms with E-state index in [-0.39, 0.29) is 47.8 Å². The summed E-state index contributed by atoms with van der Waals surface area (Å²) in [5.41, 5.74) is 6.60. The van der Waals surface area contributed by atoms with Gasteiger partial charge in [-0.05, 0) is 104 Å². The lowest BCUT2D eigenvalue weighted by Gasteiger charge is -2.36. The van der Waals surface area contributed by atoms with Gasteiger partial charge < -0.3 is 49.3 Å². The van der Waals surface area contributed by atoms with Gasteiger partial charge in [-0.15, -0.1) is 0 Å². The van der Waals surface area contributed by atoms with E-state index in [1.807, 2.05) is 42.8 Å². The van der Waals surface area contributed by atoms with Crippen molar-refractivity contribution in [1.29, 1.82) is 0 Å². The molecule has 4 amide bonds. The Morgan fingerprint density at radius 1 is 0.875 bits per heavy atom. The molecule has 0 spiro atoms. The number of carbonyl (C=O) groups excluding carboxylic acids is 4. The average Bonchev–Trinajstić information content (AvgIpc) is 4.14. The summed E-state index contributed by atoms with van der Waals surface area (Å²) in [5.74, 6) is 1.63. The highest BCUT2D eigenvalue weighted by Crippen LogP contribution is 2.44. The van der Waals surface area contributed by atoms with E-state index in [2.05, 4.69) is 63.9 Å². The first-order valence-corrected chi connectivity index (χ1v) is 22.7. The van der Waals surface area contributed by atoms with E-state index >= 15 is 0 Å². The Hall–Kier alpha value is -6.16. The van der Waals surface area contributed by atoms with Crippen molar-refractivity contribution in [1.82, 2.24) is 40.4 Å². The maximum atomic E-state index is 14.5. The number of hydrogen-bond acceptors (Lipinski definition) is 10. The van der Waals surface area contributed by atoms with Crippen LogP contribution in [0.5, 0.6) is 5.75 Å². The van der Waals surface area contributed by atoms with E-state index in [0.717, 1.165) is 106 Å². The minimum Gasteiger partial charge on any atom is -0.488 e. The Morgan fingerprint density at radius 3 is 2.41 bits per heavy atom. The maximum absolute atomic E-state index is 14.5. The molecule has 0 radical (unpaired) electrons. The van der Waals surface area contributed by atoms with E-state index in [1.165, 1.54) is 14.2 Å². The third-order valence-electron chi connectivity index (χ3n) is 13.8. The van der Waals surface area contributed by atoms with Crippen LogP contribution in [0.15, 0.2) is 48.7 Å². The van der Waals surface area contributed by atoms with Gasteiger partial charge in [0.1, 0.15) is 36.1 Å². The molecule has 4 N–H and O–H groups in total. The monoisotopic (exact) mass is 874 g/mol. The number of likely N-dealkylation sites (tertiary alicyclic amines) is 2. The fraction of sp³-hybridized carbons (Fsp3) is 0.500. The number of nitrogens with zero attached hydrogens (tertiary/aromatic N) is 4. The number of imidazole rings is 2. The molecule has 0 unspecified atom stereocenters. The van der Waals surface area contributed by atoms with Gasteiger partial charge in [0, 0.05) is 35.6 Å². The molecule has 3 aromatic carbocycles. The lowest BCUT2D eigenvalue weighted by molar-refractivity contribution is -0.139. The number of rotatable bonds is 10. The average molecular weight is 875 g/mol. The van der Waals surface area contributed by atoms with E-state index in [1.54, 1.807) is 0 Å². The van der Waals surface area contributed by atoms with Crippen LogP contribution < -0.4 is 15.4 Å². The second-order valence-electron chi connectivity index (χ2n) is 18.0. The topological polar surface area (TPSA) is 193 Å². The Morgan fingerprint density at radius 2 is 1.66 bits per heavy atom. The molecular formula is C48H58N8O8. The van der Waals surface area contributed by atoms with E-state index in [4.69, 9.17) is 28.9 Å². The zero-order chi connectivity index (χ0) is 44.8. The van der Waals surface area contributed by atoms with Crippen LogP contribution in [0, 0.1) is 11.8 Å². The standard InChI is InChI=1S/C48H58N8O8/c1-7-31-13-17-38(56(31)46(58)41(54-48(60)62-6)29-9-8-18-63-23-29)44-50-35-15-12-27-20-34-32-14-11-28(19-30(32)24-64-39(34)21-33(27)42(35)52-44)36-22-49-43(51-36)37-16-10-26(4)55(37)45(57)40(25(2)3)53-47(59)61-5/h11-12,14-15,19-22,25-26,29,31,37-38,40-41H,7-10,13,16-18,23-24H2,1-6H3,(H,49,51)(H,50,52)(H,53,59)(H,54,60)/t26-,29+,31-,37-,38-,40-,41-/m0/s1. The number of aromatic amines is 2. The van der Waals surface area contributed by atoms with Crippen LogP contribution in [0.4, 0.5) is 9.59 Å². The number of ether oxygens (including phenoxy) is 4. The molecule has 0 aliphatic carbocycles. The number of nitrogens with one attached hydrogen (secondary N) is 4. The number of hydrogen-bond donors (Lipinski definition) is 4. The van der Waals surface area contributed by atoms with Crippen molar-refractivity contribution in [2.24, 2.45) is 11.8 Å². The molecule has 7 atom stereocenters. The van der Waals surface area contributed by atoms with Crippen LogP contribution in [0.1, 0.15) is 102 Å². The molecule has 16 nitrogen and oxygen atoms in total. The second kappa shape index (κ2) is 17.8. The minimum atomic E-state index is -0.766. The van der Waals surface area contributed by atoms with Crippen LogP contribution in [-0.2, 0) is 30.4 Å². The summed E-state index contributed by atoms with van der Waals surface area (Å²) in [4.78, 5) is 73.8. The molecule has 9 rings (SSSR count). The summed E-state index contributed by atoms with van der Waals surface area (Å²) in [6, 6.07) is 12.6. The van der Waals surface area contributed by atoms with Crippen molar-refractivity contribution in [3.63, 3.8) is 0 Å². The lowest BCUT2D eigenvalue weighted by atomic mass is 9.92. The smallest absolute Gasteiger partial charge is 0.407 e. The van der Waals surface area contributed by atoms with Gasteiger partial charge >= 0.3 is 12.2 Å². The van der Waals surface area contributed by atoms with Gasteiger partial charge in [-0.2, -0.15) is 0 Å². The second-order valence-corrected chi connectivity index (χ2v) is 18.0. The molecule has 0 saturated carbocycles. The molecule has 0 bridgehead atoms. The van der Waals surface area contributed by atoms with Crippen LogP contribution >= 0.6 is 0 Å². The number of aromatic nitrogens is 4. The SMILES string of the molecule is CC[C@H]1CC[C@@H](c2nc3ccc4cc5c(cc4c3[nH]2)OCc2cc(-c3cnc([C@@H]4CC[C@H](C)N4C(=O)[C@@H](NC(=O)OC)C(C)C)[nH]3)ccc2-5)N1C(=O)[C@@H](NC(=O)OC)[C@@H]1CCCOC1. The molecule has 338 valence electrons. The summed E-state index contributed by atoms with van der Waals surface area (Å²) in [7, 11) is 2.60. The van der Waals surface area contributed by atoms with Crippen LogP contribution in [0.25, 0.3) is 44.2 Å². The number of amides is 4. The number of carbonyl (C=O) groups is 4. The van der Waals surface area contributed by atoms with Crippen LogP contribution in [-0.4, -0.2) is 105 Å². The number of benzene rings is 3. The van der Waals surface area contributed by atoms with E-state index in [0.29, 0.717) is 25.6 Å². The van der Waals surface area contributed by atoms with Crippen molar-refractivity contribution >= 4 is 45.8 Å². The lowest BCUT2D eigenvalue weighted by Crippen LogP contribution is -2.55. The van der Waals surface area contributed by atoms with Crippen molar-refractivity contribution < 1.29 is 38.1 Å². The molecule has 3 saturated heterocycles. The Balaban J connectivity index is 0.971. The highest BCUT2D eigenvalue weighted by Gasteiger charge is 2.45. The highest BCUT2D eigenvalue weighted by atomic mass is 16.5. The van der Waals surface area contributed by atoms with Crippen molar-refractivity contribution in [3.8, 4) is 28.1 Å². The Bertz CT molecular complexity index is 2580. The van der Waals surface area contributed by atoms with Gasteiger partial charge in [0.25, 0.3) is 0 Å². The highest BCUT2D eigenvalue weighted by molar-refractivity contribution is 6.07. The number of alkyl carbamates (subject to hydrolysis) is 2. The first-order chi connectivity index (χ1) is 31.0. The van der Waals surface area contributed by atoms with E-state index in [9.17, 15) is 19.2 Å². The summed E-state index contributed by atoms with van der Waals surface area (Å²) in [5, 5.41) is 7.58. The Labute approximate surface area is 372 Å². The molecule has 4 aliphatic heterocycles. The molecule has 3 fully saturated rings. The first-order valence-electron chi connectivity index (χ1n) is 22.7. The van der Waals surface area contributed by atoms with E-state index < -0.39 is 24.3 Å². The van der Waals surface area contributed by atoms with Gasteiger partial charge in [-0.1, -0.05) is 39.0 Å². The van der Waals surface area contributed by atoms with Crippen molar-refractivity contribution in [2.45, 2.75) is 115 Å². The molecule has 4 aliphatic rings. The fourth-order valence-electron chi connectivity index (χ4n) is 10.4. The fourth-order valence-corrected chi connectivity index (χ4v) is 10.4. The third kappa shape index (κ3) is 7.90. The Kier molecular flexibility index (Phi) is 12.0. The van der Waals surface area contributed by atoms with Crippen LogP contribution in [0.3, 0.4) is 0 Å². The molecule has 16 heteroatoms. The summed E-state index contributed by atoms with van der Waals surface area (Å²) in [6.07, 6.45) is 6.09. The normalized spacial score (nSPS) is 22.8. The molecule has 2 aromatic heterocycles. The van der Waals surface area contributed by atoms with Gasteiger partial charge in [-0.3, -0.25) is 9.59 Å². The molecule has 5 aromatic rings.